The highest BCUT2D eigenvalue weighted by atomic mass is 16.5. The molecule has 134 valence electrons. The summed E-state index contributed by atoms with van der Waals surface area (Å²) in [4.78, 5) is 35.9. The van der Waals surface area contributed by atoms with Gasteiger partial charge in [0.15, 0.2) is 6.61 Å². The van der Waals surface area contributed by atoms with E-state index in [1.165, 1.54) is 6.33 Å². The Labute approximate surface area is 149 Å². The van der Waals surface area contributed by atoms with Crippen LogP contribution in [0.25, 0.3) is 0 Å². The SMILES string of the molecule is CC(N)=NCc1cncnc1C(=O)NCc1ccc2c(c1)NC(=O)CO2. The lowest BCUT2D eigenvalue weighted by Crippen LogP contribution is -2.27. The number of benzene rings is 1. The van der Waals surface area contributed by atoms with Crippen LogP contribution >= 0.6 is 0 Å². The summed E-state index contributed by atoms with van der Waals surface area (Å²) >= 11 is 0. The van der Waals surface area contributed by atoms with Crippen LogP contribution in [0, 0.1) is 0 Å². The molecule has 0 bridgehead atoms. The standard InChI is InChI=1S/C17H18N6O3/c1-10(18)20-7-12-6-19-9-22-16(12)17(25)21-5-11-2-3-14-13(4-11)23-15(24)8-26-14/h2-4,6,9H,5,7-8H2,1H3,(H2,18,20)(H,21,25)(H,23,24). The molecule has 0 radical (unpaired) electrons. The van der Waals surface area contributed by atoms with Gasteiger partial charge in [-0.1, -0.05) is 6.07 Å². The number of aromatic nitrogens is 2. The molecule has 9 heteroatoms. The summed E-state index contributed by atoms with van der Waals surface area (Å²) in [5.41, 5.74) is 7.77. The van der Waals surface area contributed by atoms with E-state index in [-0.39, 0.29) is 37.2 Å². The van der Waals surface area contributed by atoms with Crippen LogP contribution in [0.2, 0.25) is 0 Å². The number of carbonyl (C=O) groups is 2. The first kappa shape index (κ1) is 17.3. The summed E-state index contributed by atoms with van der Waals surface area (Å²) in [6.07, 6.45) is 2.85. The van der Waals surface area contributed by atoms with Crippen molar-refractivity contribution in [2.24, 2.45) is 10.7 Å². The van der Waals surface area contributed by atoms with Crippen LogP contribution in [0.4, 0.5) is 5.69 Å². The van der Waals surface area contributed by atoms with Gasteiger partial charge in [0.2, 0.25) is 0 Å². The number of nitrogens with zero attached hydrogens (tertiary/aromatic N) is 3. The monoisotopic (exact) mass is 354 g/mol. The van der Waals surface area contributed by atoms with Gasteiger partial charge in [0.1, 0.15) is 17.8 Å². The van der Waals surface area contributed by atoms with Crippen molar-refractivity contribution < 1.29 is 14.3 Å². The number of rotatable bonds is 5. The Kier molecular flexibility index (Phi) is 5.07. The normalized spacial score (nSPS) is 13.4. The van der Waals surface area contributed by atoms with Crippen molar-refractivity contribution in [1.82, 2.24) is 15.3 Å². The van der Waals surface area contributed by atoms with Crippen LogP contribution < -0.4 is 21.1 Å². The van der Waals surface area contributed by atoms with Gasteiger partial charge >= 0.3 is 0 Å². The second-order valence-corrected chi connectivity index (χ2v) is 5.70. The number of nitrogens with one attached hydrogen (secondary N) is 2. The number of hydrogen-bond acceptors (Lipinski definition) is 6. The number of fused-ring (bicyclic) bond motifs is 1. The molecule has 0 aliphatic carbocycles. The predicted octanol–water partition coefficient (Wildman–Crippen LogP) is 0.615. The van der Waals surface area contributed by atoms with Gasteiger partial charge in [-0.3, -0.25) is 14.6 Å². The Morgan fingerprint density at radius 3 is 3.12 bits per heavy atom. The van der Waals surface area contributed by atoms with Gasteiger partial charge in [-0.05, 0) is 24.6 Å². The Morgan fingerprint density at radius 2 is 2.31 bits per heavy atom. The van der Waals surface area contributed by atoms with Crippen LogP contribution in [0.1, 0.15) is 28.5 Å². The average Bonchev–Trinajstić information content (AvgIpc) is 2.64. The highest BCUT2D eigenvalue weighted by Crippen LogP contribution is 2.28. The minimum atomic E-state index is -0.342. The van der Waals surface area contributed by atoms with Gasteiger partial charge < -0.3 is 21.1 Å². The topological polar surface area (TPSA) is 132 Å². The number of amides is 2. The Hall–Kier alpha value is -3.49. The zero-order valence-corrected chi connectivity index (χ0v) is 14.2. The lowest BCUT2D eigenvalue weighted by molar-refractivity contribution is -0.118. The molecule has 3 rings (SSSR count). The van der Waals surface area contributed by atoms with E-state index in [2.05, 4.69) is 25.6 Å². The number of aliphatic imine (C=N–C) groups is 1. The highest BCUT2D eigenvalue weighted by molar-refractivity contribution is 5.95. The van der Waals surface area contributed by atoms with Crippen molar-refractivity contribution in [3.05, 3.63) is 47.5 Å². The first-order chi connectivity index (χ1) is 12.5. The largest absolute Gasteiger partial charge is 0.482 e. The van der Waals surface area contributed by atoms with Crippen molar-refractivity contribution in [3.63, 3.8) is 0 Å². The van der Waals surface area contributed by atoms with Crippen LogP contribution in [0.5, 0.6) is 5.75 Å². The molecular formula is C17H18N6O3. The second-order valence-electron chi connectivity index (χ2n) is 5.70. The fourth-order valence-electron chi connectivity index (χ4n) is 2.39. The molecule has 4 N–H and O–H groups in total. The van der Waals surface area contributed by atoms with E-state index in [1.54, 1.807) is 25.3 Å². The van der Waals surface area contributed by atoms with Gasteiger partial charge in [0, 0.05) is 18.3 Å². The average molecular weight is 354 g/mol. The van der Waals surface area contributed by atoms with E-state index in [4.69, 9.17) is 10.5 Å². The van der Waals surface area contributed by atoms with E-state index in [0.717, 1.165) is 5.56 Å². The van der Waals surface area contributed by atoms with Crippen molar-refractivity contribution in [1.29, 1.82) is 0 Å². The molecule has 1 aliphatic heterocycles. The summed E-state index contributed by atoms with van der Waals surface area (Å²) < 4.78 is 5.31. The Morgan fingerprint density at radius 1 is 1.46 bits per heavy atom. The summed E-state index contributed by atoms with van der Waals surface area (Å²) in [5.74, 6) is 0.469. The number of nitrogens with two attached hydrogens (primary N) is 1. The van der Waals surface area contributed by atoms with Crippen molar-refractivity contribution in [3.8, 4) is 5.75 Å². The first-order valence-corrected chi connectivity index (χ1v) is 7.92. The number of anilines is 1. The van der Waals surface area contributed by atoms with Gasteiger partial charge in [-0.2, -0.15) is 0 Å². The van der Waals surface area contributed by atoms with E-state index in [1.807, 2.05) is 6.07 Å². The van der Waals surface area contributed by atoms with Crippen molar-refractivity contribution in [2.45, 2.75) is 20.0 Å². The molecule has 26 heavy (non-hydrogen) atoms. The van der Waals surface area contributed by atoms with Gasteiger partial charge in [-0.15, -0.1) is 0 Å². The fourth-order valence-corrected chi connectivity index (χ4v) is 2.39. The minimum absolute atomic E-state index is 0.00429. The quantitative estimate of drug-likeness (QED) is 0.532. The molecule has 0 saturated carbocycles. The fraction of sp³-hybridized carbons (Fsp3) is 0.235. The number of hydrogen-bond donors (Lipinski definition) is 3. The summed E-state index contributed by atoms with van der Waals surface area (Å²) in [6, 6.07) is 5.33. The van der Waals surface area contributed by atoms with Crippen LogP contribution in [-0.4, -0.2) is 34.2 Å². The third-order valence-electron chi connectivity index (χ3n) is 3.63. The van der Waals surface area contributed by atoms with Gasteiger partial charge in [0.05, 0.1) is 18.1 Å². The zero-order chi connectivity index (χ0) is 18.5. The van der Waals surface area contributed by atoms with E-state index in [9.17, 15) is 9.59 Å². The van der Waals surface area contributed by atoms with Crippen LogP contribution in [0.3, 0.4) is 0 Å². The molecule has 0 fully saturated rings. The second kappa shape index (κ2) is 7.60. The third kappa shape index (κ3) is 4.12. The smallest absolute Gasteiger partial charge is 0.270 e. The predicted molar refractivity (Wildman–Crippen MR) is 94.8 cm³/mol. The molecule has 9 nitrogen and oxygen atoms in total. The molecular weight excluding hydrogens is 336 g/mol. The van der Waals surface area contributed by atoms with Crippen molar-refractivity contribution in [2.75, 3.05) is 11.9 Å². The van der Waals surface area contributed by atoms with E-state index in [0.29, 0.717) is 22.8 Å². The summed E-state index contributed by atoms with van der Waals surface area (Å²) in [6.45, 7) is 2.17. The highest BCUT2D eigenvalue weighted by Gasteiger charge is 2.17. The molecule has 1 aromatic heterocycles. The van der Waals surface area contributed by atoms with Gasteiger partial charge in [0.25, 0.3) is 11.8 Å². The molecule has 1 aromatic carbocycles. The molecule has 0 atom stereocenters. The number of carbonyl (C=O) groups excluding carboxylic acids is 2. The van der Waals surface area contributed by atoms with Gasteiger partial charge in [-0.25, -0.2) is 9.97 Å². The van der Waals surface area contributed by atoms with Crippen molar-refractivity contribution >= 4 is 23.3 Å². The molecule has 1 aliphatic rings. The maximum atomic E-state index is 12.4. The van der Waals surface area contributed by atoms with Crippen LogP contribution in [0.15, 0.2) is 35.7 Å². The van der Waals surface area contributed by atoms with E-state index >= 15 is 0 Å². The number of amidine groups is 1. The van der Waals surface area contributed by atoms with Crippen LogP contribution in [-0.2, 0) is 17.9 Å². The lowest BCUT2D eigenvalue weighted by atomic mass is 10.1. The molecule has 2 amide bonds. The summed E-state index contributed by atoms with van der Waals surface area (Å²) in [7, 11) is 0. The maximum absolute atomic E-state index is 12.4. The molecule has 2 heterocycles. The third-order valence-corrected chi connectivity index (χ3v) is 3.63. The lowest BCUT2D eigenvalue weighted by Gasteiger charge is -2.18. The Bertz CT molecular complexity index is 877. The molecule has 0 unspecified atom stereocenters. The first-order valence-electron chi connectivity index (χ1n) is 7.92. The molecule has 2 aromatic rings. The summed E-state index contributed by atoms with van der Waals surface area (Å²) in [5, 5.41) is 5.53. The number of ether oxygens (including phenoxy) is 1. The zero-order valence-electron chi connectivity index (χ0n) is 14.2. The Balaban J connectivity index is 1.69. The molecule has 0 saturated heterocycles. The molecule has 0 spiro atoms. The maximum Gasteiger partial charge on any atom is 0.270 e. The van der Waals surface area contributed by atoms with E-state index < -0.39 is 0 Å². The minimum Gasteiger partial charge on any atom is -0.482 e.